The molecule has 0 aliphatic rings. The lowest BCUT2D eigenvalue weighted by Crippen LogP contribution is -2.50. The fraction of sp³-hybridized carbons (Fsp3) is 0.462. The van der Waals surface area contributed by atoms with Gasteiger partial charge in [-0.05, 0) is 32.0 Å². The molecule has 0 heterocycles. The van der Waals surface area contributed by atoms with Gasteiger partial charge < -0.3 is 20.5 Å². The third-order valence-corrected chi connectivity index (χ3v) is 3.15. The van der Waals surface area contributed by atoms with E-state index in [0.717, 1.165) is 0 Å². The highest BCUT2D eigenvalue weighted by Gasteiger charge is 2.28. The van der Waals surface area contributed by atoms with Crippen LogP contribution in [-0.4, -0.2) is 42.2 Å². The van der Waals surface area contributed by atoms with Gasteiger partial charge in [0.25, 0.3) is 5.91 Å². The first-order valence-corrected chi connectivity index (χ1v) is 5.68. The zero-order valence-corrected chi connectivity index (χ0v) is 11.2. The van der Waals surface area contributed by atoms with Crippen LogP contribution < -0.4 is 10.5 Å². The van der Waals surface area contributed by atoms with Crippen LogP contribution in [0.25, 0.3) is 0 Å². The average molecular weight is 252 g/mol. The Kier molecular flexibility index (Phi) is 4.19. The molecule has 1 aromatic carbocycles. The number of benzene rings is 1. The molecule has 1 aromatic rings. The van der Waals surface area contributed by atoms with Crippen LogP contribution in [0.5, 0.6) is 11.5 Å². The third kappa shape index (κ3) is 2.73. The van der Waals surface area contributed by atoms with Gasteiger partial charge in [-0.2, -0.15) is 0 Å². The Morgan fingerprint density at radius 3 is 2.61 bits per heavy atom. The topological polar surface area (TPSA) is 75.8 Å². The summed E-state index contributed by atoms with van der Waals surface area (Å²) in [6.07, 6.45) is 0. The molecule has 3 N–H and O–H groups in total. The highest BCUT2D eigenvalue weighted by Crippen LogP contribution is 2.25. The number of rotatable bonds is 4. The number of hydrogen-bond acceptors (Lipinski definition) is 4. The molecule has 0 radical (unpaired) electrons. The number of ether oxygens (including phenoxy) is 1. The van der Waals surface area contributed by atoms with Gasteiger partial charge in [0.05, 0.1) is 12.7 Å². The third-order valence-electron chi connectivity index (χ3n) is 3.15. The van der Waals surface area contributed by atoms with Crippen LogP contribution in [0.1, 0.15) is 24.2 Å². The van der Waals surface area contributed by atoms with E-state index in [2.05, 4.69) is 0 Å². The van der Waals surface area contributed by atoms with E-state index in [9.17, 15) is 9.90 Å². The lowest BCUT2D eigenvalue weighted by molar-refractivity contribution is 0.0637. The van der Waals surface area contributed by atoms with E-state index in [4.69, 9.17) is 10.5 Å². The van der Waals surface area contributed by atoms with Crippen molar-refractivity contribution in [3.63, 3.8) is 0 Å². The van der Waals surface area contributed by atoms with Gasteiger partial charge in [-0.25, -0.2) is 0 Å². The Balaban J connectivity index is 3.11. The summed E-state index contributed by atoms with van der Waals surface area (Å²) in [4.78, 5) is 13.8. The van der Waals surface area contributed by atoms with E-state index in [1.807, 2.05) is 13.8 Å². The molecule has 5 heteroatoms. The maximum Gasteiger partial charge on any atom is 0.257 e. The Labute approximate surface area is 107 Å². The summed E-state index contributed by atoms with van der Waals surface area (Å²) in [5.41, 5.74) is 5.36. The fourth-order valence-corrected chi connectivity index (χ4v) is 1.41. The monoisotopic (exact) mass is 252 g/mol. The average Bonchev–Trinajstić information content (AvgIpc) is 2.37. The molecule has 0 saturated carbocycles. The molecular weight excluding hydrogens is 232 g/mol. The largest absolute Gasteiger partial charge is 0.507 e. The minimum atomic E-state index is -0.480. The first-order chi connectivity index (χ1) is 8.33. The normalized spacial score (nSPS) is 11.2. The van der Waals surface area contributed by atoms with Crippen molar-refractivity contribution < 1.29 is 14.6 Å². The van der Waals surface area contributed by atoms with Crippen LogP contribution in [0.15, 0.2) is 18.2 Å². The molecule has 100 valence electrons. The predicted octanol–water partition coefficient (Wildman–Crippen LogP) is 1.21. The minimum Gasteiger partial charge on any atom is -0.507 e. The van der Waals surface area contributed by atoms with Crippen molar-refractivity contribution in [1.29, 1.82) is 0 Å². The maximum absolute atomic E-state index is 12.3. The summed E-state index contributed by atoms with van der Waals surface area (Å²) in [5, 5.41) is 9.75. The number of amides is 1. The Hall–Kier alpha value is -1.75. The number of methoxy groups -OCH3 is 1. The predicted molar refractivity (Wildman–Crippen MR) is 69.9 cm³/mol. The number of phenolic OH excluding ortho intramolecular Hbond substituents is 1. The van der Waals surface area contributed by atoms with E-state index >= 15 is 0 Å². The van der Waals surface area contributed by atoms with Gasteiger partial charge in [-0.15, -0.1) is 0 Å². The number of nitrogens with two attached hydrogens (primary N) is 1. The number of carbonyl (C=O) groups excluding carboxylic acids is 1. The highest BCUT2D eigenvalue weighted by atomic mass is 16.5. The summed E-state index contributed by atoms with van der Waals surface area (Å²) >= 11 is 0. The standard InChI is InChI=1S/C13H20N2O3/c1-13(2,8-14)15(3)12(17)10-7-9(18-4)5-6-11(10)16/h5-7,16H,8,14H2,1-4H3. The Morgan fingerprint density at radius 1 is 1.50 bits per heavy atom. The number of likely N-dealkylation sites (N-methyl/N-ethyl adjacent to an activating group) is 1. The molecule has 0 aliphatic heterocycles. The molecule has 0 saturated heterocycles. The molecule has 0 atom stereocenters. The number of carbonyl (C=O) groups is 1. The van der Waals surface area contributed by atoms with Crippen molar-refractivity contribution in [3.8, 4) is 11.5 Å². The summed E-state index contributed by atoms with van der Waals surface area (Å²) in [6, 6.07) is 4.55. The second-order valence-electron chi connectivity index (χ2n) is 4.76. The molecule has 0 spiro atoms. The van der Waals surface area contributed by atoms with Gasteiger partial charge >= 0.3 is 0 Å². The van der Waals surface area contributed by atoms with Crippen molar-refractivity contribution in [3.05, 3.63) is 23.8 Å². The first-order valence-electron chi connectivity index (χ1n) is 5.68. The second-order valence-corrected chi connectivity index (χ2v) is 4.76. The van der Waals surface area contributed by atoms with Gasteiger partial charge in [-0.3, -0.25) is 4.79 Å². The quantitative estimate of drug-likeness (QED) is 0.844. The van der Waals surface area contributed by atoms with Crippen molar-refractivity contribution in [1.82, 2.24) is 4.90 Å². The molecule has 0 aromatic heterocycles. The molecule has 0 bridgehead atoms. The molecule has 1 rings (SSSR count). The van der Waals surface area contributed by atoms with E-state index in [-0.39, 0.29) is 17.2 Å². The van der Waals surface area contributed by atoms with Crippen LogP contribution in [0.4, 0.5) is 0 Å². The summed E-state index contributed by atoms with van der Waals surface area (Å²) in [7, 11) is 3.17. The van der Waals surface area contributed by atoms with E-state index < -0.39 is 5.54 Å². The zero-order valence-electron chi connectivity index (χ0n) is 11.2. The number of hydrogen-bond donors (Lipinski definition) is 2. The summed E-state index contributed by atoms with van der Waals surface area (Å²) in [6.45, 7) is 4.06. The zero-order chi connectivity index (χ0) is 13.9. The second kappa shape index (κ2) is 5.27. The SMILES string of the molecule is COc1ccc(O)c(C(=O)N(C)C(C)(C)CN)c1. The molecule has 1 amide bonds. The van der Waals surface area contributed by atoms with Crippen LogP contribution in [0, 0.1) is 0 Å². The van der Waals surface area contributed by atoms with Gasteiger partial charge in [-0.1, -0.05) is 0 Å². The molecule has 0 fully saturated rings. The molecule has 5 nitrogen and oxygen atoms in total. The van der Waals surface area contributed by atoms with Crippen LogP contribution in [0.2, 0.25) is 0 Å². The van der Waals surface area contributed by atoms with Crippen LogP contribution >= 0.6 is 0 Å². The Bertz CT molecular complexity index is 444. The van der Waals surface area contributed by atoms with Crippen molar-refractivity contribution in [2.24, 2.45) is 5.73 Å². The lowest BCUT2D eigenvalue weighted by Gasteiger charge is -2.34. The van der Waals surface area contributed by atoms with Crippen molar-refractivity contribution in [2.45, 2.75) is 19.4 Å². The number of phenols is 1. The van der Waals surface area contributed by atoms with Crippen molar-refractivity contribution in [2.75, 3.05) is 20.7 Å². The summed E-state index contributed by atoms with van der Waals surface area (Å²) in [5.74, 6) is 0.164. The van der Waals surface area contributed by atoms with Crippen LogP contribution in [0.3, 0.4) is 0 Å². The smallest absolute Gasteiger partial charge is 0.257 e. The van der Waals surface area contributed by atoms with Gasteiger partial charge in [0, 0.05) is 19.1 Å². The molecule has 0 unspecified atom stereocenters. The highest BCUT2D eigenvalue weighted by molar-refractivity contribution is 5.97. The summed E-state index contributed by atoms with van der Waals surface area (Å²) < 4.78 is 5.05. The molecule has 18 heavy (non-hydrogen) atoms. The van der Waals surface area contributed by atoms with E-state index in [0.29, 0.717) is 12.3 Å². The number of aromatic hydroxyl groups is 1. The molecule has 0 aliphatic carbocycles. The van der Waals surface area contributed by atoms with Gasteiger partial charge in [0.15, 0.2) is 0 Å². The lowest BCUT2D eigenvalue weighted by atomic mass is 10.0. The maximum atomic E-state index is 12.3. The number of nitrogens with zero attached hydrogens (tertiary/aromatic N) is 1. The van der Waals surface area contributed by atoms with Crippen molar-refractivity contribution >= 4 is 5.91 Å². The minimum absolute atomic E-state index is 0.0690. The molecular formula is C13H20N2O3. The Morgan fingerprint density at radius 2 is 2.11 bits per heavy atom. The van der Waals surface area contributed by atoms with Gasteiger partial charge in [0.2, 0.25) is 0 Å². The van der Waals surface area contributed by atoms with E-state index in [1.54, 1.807) is 13.1 Å². The van der Waals surface area contributed by atoms with Gasteiger partial charge in [0.1, 0.15) is 11.5 Å². The first kappa shape index (κ1) is 14.3. The fourth-order valence-electron chi connectivity index (χ4n) is 1.41. The van der Waals surface area contributed by atoms with Crippen LogP contribution in [-0.2, 0) is 0 Å². The van der Waals surface area contributed by atoms with E-state index in [1.165, 1.54) is 24.1 Å².